The van der Waals surface area contributed by atoms with Gasteiger partial charge in [0.05, 0.1) is 11.8 Å². The molecule has 0 saturated heterocycles. The number of aromatic nitrogens is 2. The number of aryl methyl sites for hydroxylation is 1. The van der Waals surface area contributed by atoms with Crippen LogP contribution in [0.15, 0.2) is 29.1 Å². The molecule has 21 heavy (non-hydrogen) atoms. The van der Waals surface area contributed by atoms with E-state index in [1.165, 1.54) is 0 Å². The van der Waals surface area contributed by atoms with Gasteiger partial charge in [-0.05, 0) is 51.5 Å². The summed E-state index contributed by atoms with van der Waals surface area (Å²) >= 11 is 0. The Morgan fingerprint density at radius 2 is 1.90 bits per heavy atom. The molecule has 4 heteroatoms. The smallest absolute Gasteiger partial charge is 0.254 e. The van der Waals surface area contributed by atoms with Crippen LogP contribution >= 0.6 is 0 Å². The van der Waals surface area contributed by atoms with Crippen LogP contribution in [0.25, 0.3) is 11.3 Å². The van der Waals surface area contributed by atoms with E-state index >= 15 is 0 Å². The van der Waals surface area contributed by atoms with E-state index in [9.17, 15) is 4.79 Å². The monoisotopic (exact) mass is 286 g/mol. The van der Waals surface area contributed by atoms with Gasteiger partial charge in [0.25, 0.3) is 5.56 Å². The second-order valence-electron chi connectivity index (χ2n) is 5.43. The van der Waals surface area contributed by atoms with E-state index in [0.29, 0.717) is 5.56 Å². The van der Waals surface area contributed by atoms with Gasteiger partial charge in [-0.1, -0.05) is 6.92 Å². The molecule has 2 aromatic rings. The van der Waals surface area contributed by atoms with Crippen molar-refractivity contribution in [1.29, 1.82) is 0 Å². The van der Waals surface area contributed by atoms with Crippen LogP contribution in [-0.4, -0.2) is 16.1 Å². The van der Waals surface area contributed by atoms with Gasteiger partial charge in [0.2, 0.25) is 0 Å². The third-order valence-corrected chi connectivity index (χ3v) is 3.19. The second-order valence-corrected chi connectivity index (χ2v) is 5.43. The Balaban J connectivity index is 2.39. The summed E-state index contributed by atoms with van der Waals surface area (Å²) in [6.45, 7) is 7.85. The quantitative estimate of drug-likeness (QED) is 0.915. The highest BCUT2D eigenvalue weighted by molar-refractivity contribution is 5.63. The minimum absolute atomic E-state index is 0.0639. The third-order valence-electron chi connectivity index (χ3n) is 3.19. The van der Waals surface area contributed by atoms with E-state index < -0.39 is 0 Å². The predicted molar refractivity (Wildman–Crippen MR) is 84.8 cm³/mol. The highest BCUT2D eigenvalue weighted by Gasteiger charge is 2.10. The Morgan fingerprint density at radius 3 is 2.48 bits per heavy atom. The predicted octanol–water partition coefficient (Wildman–Crippen LogP) is 3.49. The first-order valence-electron chi connectivity index (χ1n) is 7.38. The summed E-state index contributed by atoms with van der Waals surface area (Å²) in [4.78, 5) is 19.4. The first kappa shape index (κ1) is 15.3. The van der Waals surface area contributed by atoms with E-state index in [4.69, 9.17) is 4.74 Å². The van der Waals surface area contributed by atoms with Crippen LogP contribution in [0.5, 0.6) is 5.75 Å². The van der Waals surface area contributed by atoms with Crippen molar-refractivity contribution in [3.8, 4) is 17.0 Å². The van der Waals surface area contributed by atoms with Crippen LogP contribution in [0.1, 0.15) is 38.6 Å². The zero-order valence-corrected chi connectivity index (χ0v) is 13.1. The Labute approximate surface area is 125 Å². The lowest BCUT2D eigenvalue weighted by atomic mass is 10.1. The Hall–Kier alpha value is -2.10. The number of ether oxygens (including phenoxy) is 1. The molecular formula is C17H22N2O2. The fourth-order valence-electron chi connectivity index (χ4n) is 2.18. The number of hydrogen-bond donors (Lipinski definition) is 1. The van der Waals surface area contributed by atoms with Crippen molar-refractivity contribution in [2.75, 3.05) is 0 Å². The molecule has 1 heterocycles. The lowest BCUT2D eigenvalue weighted by Gasteiger charge is -2.11. The van der Waals surface area contributed by atoms with Crippen molar-refractivity contribution in [3.63, 3.8) is 0 Å². The number of H-pyrrole nitrogens is 1. The highest BCUT2D eigenvalue weighted by atomic mass is 16.5. The molecule has 1 aromatic heterocycles. The minimum atomic E-state index is -0.0639. The van der Waals surface area contributed by atoms with Gasteiger partial charge in [0, 0.05) is 17.5 Å². The molecule has 0 bridgehead atoms. The van der Waals surface area contributed by atoms with Crippen molar-refractivity contribution in [1.82, 2.24) is 9.97 Å². The van der Waals surface area contributed by atoms with Gasteiger partial charge in [-0.2, -0.15) is 0 Å². The molecule has 0 amide bonds. The molecule has 0 fully saturated rings. The maximum Gasteiger partial charge on any atom is 0.254 e. The van der Waals surface area contributed by atoms with E-state index in [1.54, 1.807) is 6.92 Å². The van der Waals surface area contributed by atoms with Crippen LogP contribution in [0.3, 0.4) is 0 Å². The molecule has 0 aliphatic rings. The number of aromatic amines is 1. The van der Waals surface area contributed by atoms with Crippen LogP contribution in [0, 0.1) is 6.92 Å². The van der Waals surface area contributed by atoms with Crippen molar-refractivity contribution >= 4 is 0 Å². The number of nitrogens with one attached hydrogen (secondary N) is 1. The molecule has 0 aliphatic carbocycles. The van der Waals surface area contributed by atoms with Gasteiger partial charge in [-0.25, -0.2) is 4.98 Å². The summed E-state index contributed by atoms with van der Waals surface area (Å²) in [6.07, 6.45) is 1.87. The SMILES string of the molecule is CCCc1nc(-c2ccc(OC(C)C)cc2)c(C)c(=O)[nH]1. The molecule has 0 radical (unpaired) electrons. The van der Waals surface area contributed by atoms with E-state index in [0.717, 1.165) is 35.7 Å². The summed E-state index contributed by atoms with van der Waals surface area (Å²) in [5.41, 5.74) is 2.27. The van der Waals surface area contributed by atoms with Crippen molar-refractivity contribution in [3.05, 3.63) is 46.0 Å². The normalized spacial score (nSPS) is 10.9. The van der Waals surface area contributed by atoms with Crippen LogP contribution < -0.4 is 10.3 Å². The lowest BCUT2D eigenvalue weighted by molar-refractivity contribution is 0.242. The number of benzene rings is 1. The number of hydrogen-bond acceptors (Lipinski definition) is 3. The summed E-state index contributed by atoms with van der Waals surface area (Å²) in [7, 11) is 0. The topological polar surface area (TPSA) is 55.0 Å². The van der Waals surface area contributed by atoms with Gasteiger partial charge < -0.3 is 9.72 Å². The zero-order chi connectivity index (χ0) is 15.4. The average molecular weight is 286 g/mol. The van der Waals surface area contributed by atoms with E-state index in [-0.39, 0.29) is 11.7 Å². The van der Waals surface area contributed by atoms with Crippen LogP contribution in [0.4, 0.5) is 0 Å². The van der Waals surface area contributed by atoms with Crippen molar-refractivity contribution in [2.24, 2.45) is 0 Å². The number of nitrogens with zero attached hydrogens (tertiary/aromatic N) is 1. The molecule has 0 unspecified atom stereocenters. The first-order valence-corrected chi connectivity index (χ1v) is 7.38. The molecule has 0 aliphatic heterocycles. The standard InChI is InChI=1S/C17H22N2O2/c1-5-6-15-18-16(12(4)17(20)19-15)13-7-9-14(10-8-13)21-11(2)3/h7-11H,5-6H2,1-4H3,(H,18,19,20). The fraction of sp³-hybridized carbons (Fsp3) is 0.412. The maximum absolute atomic E-state index is 12.0. The molecular weight excluding hydrogens is 264 g/mol. The minimum Gasteiger partial charge on any atom is -0.491 e. The van der Waals surface area contributed by atoms with Crippen LogP contribution in [0.2, 0.25) is 0 Å². The Kier molecular flexibility index (Phi) is 4.78. The van der Waals surface area contributed by atoms with Gasteiger partial charge in [-0.15, -0.1) is 0 Å². The van der Waals surface area contributed by atoms with Gasteiger partial charge in [-0.3, -0.25) is 4.79 Å². The molecule has 0 atom stereocenters. The van der Waals surface area contributed by atoms with Gasteiger partial charge >= 0.3 is 0 Å². The number of rotatable bonds is 5. The summed E-state index contributed by atoms with van der Waals surface area (Å²) < 4.78 is 5.63. The zero-order valence-electron chi connectivity index (χ0n) is 13.1. The van der Waals surface area contributed by atoms with Crippen molar-refractivity contribution < 1.29 is 4.74 Å². The van der Waals surface area contributed by atoms with Gasteiger partial charge in [0.1, 0.15) is 11.6 Å². The first-order chi connectivity index (χ1) is 10.0. The molecule has 4 nitrogen and oxygen atoms in total. The lowest BCUT2D eigenvalue weighted by Crippen LogP contribution is -2.16. The molecule has 0 spiro atoms. The third kappa shape index (κ3) is 3.72. The Bertz CT molecular complexity index is 657. The van der Waals surface area contributed by atoms with Crippen molar-refractivity contribution in [2.45, 2.75) is 46.6 Å². The molecule has 112 valence electrons. The highest BCUT2D eigenvalue weighted by Crippen LogP contribution is 2.23. The second kappa shape index (κ2) is 6.57. The average Bonchev–Trinajstić information content (AvgIpc) is 2.43. The van der Waals surface area contributed by atoms with Gasteiger partial charge in [0.15, 0.2) is 0 Å². The largest absolute Gasteiger partial charge is 0.491 e. The fourth-order valence-corrected chi connectivity index (χ4v) is 2.18. The summed E-state index contributed by atoms with van der Waals surface area (Å²) in [5, 5.41) is 0. The maximum atomic E-state index is 12.0. The van der Waals surface area contributed by atoms with E-state index in [1.807, 2.05) is 38.1 Å². The molecule has 2 rings (SSSR count). The van der Waals surface area contributed by atoms with E-state index in [2.05, 4.69) is 16.9 Å². The molecule has 1 aromatic carbocycles. The Morgan fingerprint density at radius 1 is 1.24 bits per heavy atom. The van der Waals surface area contributed by atoms with Crippen LogP contribution in [-0.2, 0) is 6.42 Å². The molecule has 0 saturated carbocycles. The summed E-state index contributed by atoms with van der Waals surface area (Å²) in [6, 6.07) is 7.72. The molecule has 1 N–H and O–H groups in total. The summed E-state index contributed by atoms with van der Waals surface area (Å²) in [5.74, 6) is 1.57.